The third-order valence-electron chi connectivity index (χ3n) is 2.88. The van der Waals surface area contributed by atoms with Crippen LogP contribution in [0.4, 0.5) is 26.3 Å². The lowest BCUT2D eigenvalue weighted by Gasteiger charge is -2.29. The normalized spacial score (nSPS) is 14.4. The first-order chi connectivity index (χ1) is 12.6. The lowest BCUT2D eigenvalue weighted by molar-refractivity contribution is -0.245. The zero-order valence-corrected chi connectivity index (χ0v) is 14.8. The van der Waals surface area contributed by atoms with Crippen LogP contribution in [-0.2, 0) is 25.9 Å². The minimum absolute atomic E-state index is 0.280. The molecule has 1 rings (SSSR count). The molecule has 0 heterocycles. The van der Waals surface area contributed by atoms with E-state index in [1.807, 2.05) is 0 Å². The number of ether oxygens (including phenoxy) is 1. The van der Waals surface area contributed by atoms with Gasteiger partial charge in [0.15, 0.2) is 0 Å². The van der Waals surface area contributed by atoms with E-state index in [0.717, 1.165) is 12.1 Å². The Labute approximate surface area is 155 Å². The SMILES string of the molecule is O=C(OCCO)c1ccc(OS(=O)(=O)C(F)(F)C(F)(F)C(F)(F)S(=O)O)cc1. The predicted octanol–water partition coefficient (Wildman–Crippen LogP) is 1.59. The second-order valence-electron chi connectivity index (χ2n) is 4.78. The monoisotopic (exact) mass is 460 g/mol. The maximum Gasteiger partial charge on any atom is 0.450 e. The van der Waals surface area contributed by atoms with Crippen molar-refractivity contribution in [2.75, 3.05) is 13.2 Å². The summed E-state index contributed by atoms with van der Waals surface area (Å²) in [5.41, 5.74) is -0.280. The number of benzene rings is 1. The van der Waals surface area contributed by atoms with Gasteiger partial charge in [0, 0.05) is 0 Å². The van der Waals surface area contributed by atoms with Crippen LogP contribution in [0, 0.1) is 0 Å². The fourth-order valence-corrected chi connectivity index (χ4v) is 2.81. The van der Waals surface area contributed by atoms with Crippen LogP contribution in [0.3, 0.4) is 0 Å². The highest BCUT2D eigenvalue weighted by atomic mass is 32.2. The number of esters is 1. The Balaban J connectivity index is 3.13. The first-order valence-electron chi connectivity index (χ1n) is 6.68. The molecule has 1 atom stereocenters. The van der Waals surface area contributed by atoms with E-state index in [4.69, 9.17) is 9.66 Å². The molecule has 0 aliphatic rings. The van der Waals surface area contributed by atoms with Gasteiger partial charge in [-0.15, -0.1) is 0 Å². The number of halogens is 6. The van der Waals surface area contributed by atoms with Gasteiger partial charge in [0.05, 0.1) is 12.2 Å². The molecule has 1 aromatic rings. The van der Waals surface area contributed by atoms with Crippen LogP contribution >= 0.6 is 0 Å². The van der Waals surface area contributed by atoms with Gasteiger partial charge in [0.2, 0.25) is 11.1 Å². The summed E-state index contributed by atoms with van der Waals surface area (Å²) in [4.78, 5) is 11.4. The highest BCUT2D eigenvalue weighted by molar-refractivity contribution is 7.88. The summed E-state index contributed by atoms with van der Waals surface area (Å²) in [7, 11) is -6.79. The molecular formula is C12H10F6O8S2. The Kier molecular flexibility index (Phi) is 7.08. The van der Waals surface area contributed by atoms with Gasteiger partial charge in [-0.1, -0.05) is 0 Å². The number of aliphatic hydroxyl groups excluding tert-OH is 1. The van der Waals surface area contributed by atoms with Crippen LogP contribution in [-0.4, -0.2) is 57.9 Å². The van der Waals surface area contributed by atoms with Crippen molar-refractivity contribution in [3.05, 3.63) is 29.8 Å². The molecule has 0 radical (unpaired) electrons. The second-order valence-corrected chi connectivity index (χ2v) is 7.38. The Bertz CT molecular complexity index is 840. The largest absolute Gasteiger partial charge is 0.460 e. The summed E-state index contributed by atoms with van der Waals surface area (Å²) in [5, 5.41) is -4.45. The van der Waals surface area contributed by atoms with Gasteiger partial charge in [-0.3, -0.25) is 0 Å². The van der Waals surface area contributed by atoms with E-state index in [0.29, 0.717) is 12.1 Å². The lowest BCUT2D eigenvalue weighted by atomic mass is 10.2. The average molecular weight is 460 g/mol. The summed E-state index contributed by atoms with van der Waals surface area (Å²) in [5.74, 6) is -8.90. The van der Waals surface area contributed by atoms with E-state index in [9.17, 15) is 43.8 Å². The van der Waals surface area contributed by atoms with Crippen LogP contribution in [0.15, 0.2) is 24.3 Å². The molecule has 0 aromatic heterocycles. The maximum absolute atomic E-state index is 13.6. The molecule has 2 N–H and O–H groups in total. The van der Waals surface area contributed by atoms with Gasteiger partial charge < -0.3 is 18.6 Å². The highest BCUT2D eigenvalue weighted by Gasteiger charge is 2.81. The van der Waals surface area contributed by atoms with Crippen molar-refractivity contribution in [1.82, 2.24) is 0 Å². The molecule has 0 saturated carbocycles. The van der Waals surface area contributed by atoms with Gasteiger partial charge >= 0.3 is 32.5 Å². The summed E-state index contributed by atoms with van der Waals surface area (Å²) in [6.45, 7) is -0.912. The third-order valence-corrected chi connectivity index (χ3v) is 4.88. The Morgan fingerprint density at radius 2 is 1.57 bits per heavy atom. The van der Waals surface area contributed by atoms with Crippen molar-refractivity contribution in [2.45, 2.75) is 16.4 Å². The summed E-state index contributed by atoms with van der Waals surface area (Å²) in [6.07, 6.45) is 0. The van der Waals surface area contributed by atoms with Gasteiger partial charge in [0.1, 0.15) is 12.4 Å². The molecule has 0 spiro atoms. The minimum atomic E-state index is -6.81. The van der Waals surface area contributed by atoms with Gasteiger partial charge in [-0.05, 0) is 24.3 Å². The predicted molar refractivity (Wildman–Crippen MR) is 79.0 cm³/mol. The Morgan fingerprint density at radius 1 is 1.07 bits per heavy atom. The topological polar surface area (TPSA) is 127 Å². The fraction of sp³-hybridized carbons (Fsp3) is 0.417. The van der Waals surface area contributed by atoms with Crippen molar-refractivity contribution >= 4 is 27.2 Å². The third kappa shape index (κ3) is 4.39. The molecule has 0 amide bonds. The first-order valence-corrected chi connectivity index (χ1v) is 9.20. The Morgan fingerprint density at radius 3 is 2.00 bits per heavy atom. The number of aliphatic hydroxyl groups is 1. The molecule has 1 aromatic carbocycles. The molecule has 0 fully saturated rings. The van der Waals surface area contributed by atoms with Crippen LogP contribution in [0.25, 0.3) is 0 Å². The van der Waals surface area contributed by atoms with E-state index in [2.05, 4.69) is 8.92 Å². The van der Waals surface area contributed by atoms with Crippen molar-refractivity contribution in [2.24, 2.45) is 0 Å². The number of hydrogen-bond acceptors (Lipinski definition) is 7. The van der Waals surface area contributed by atoms with Crippen molar-refractivity contribution in [3.63, 3.8) is 0 Å². The number of hydrogen-bond donors (Lipinski definition) is 2. The molecule has 28 heavy (non-hydrogen) atoms. The summed E-state index contributed by atoms with van der Waals surface area (Å²) < 4.78 is 129. The number of carbonyl (C=O) groups excluding carboxylic acids is 1. The summed E-state index contributed by atoms with van der Waals surface area (Å²) in [6, 6.07) is 2.61. The molecular weight excluding hydrogens is 450 g/mol. The molecule has 0 aliphatic heterocycles. The van der Waals surface area contributed by atoms with Crippen molar-refractivity contribution in [3.8, 4) is 5.75 Å². The maximum atomic E-state index is 13.6. The second kappa shape index (κ2) is 8.22. The Hall–Kier alpha value is -1.91. The fourth-order valence-electron chi connectivity index (χ4n) is 1.48. The quantitative estimate of drug-likeness (QED) is 0.246. The van der Waals surface area contributed by atoms with E-state index in [-0.39, 0.29) is 5.56 Å². The molecule has 1 unspecified atom stereocenters. The molecule has 8 nitrogen and oxygen atoms in total. The summed E-state index contributed by atoms with van der Waals surface area (Å²) >= 11 is -4.84. The molecule has 16 heteroatoms. The van der Waals surface area contributed by atoms with Crippen molar-refractivity contribution in [1.29, 1.82) is 0 Å². The van der Waals surface area contributed by atoms with Gasteiger partial charge in [0.25, 0.3) is 0 Å². The van der Waals surface area contributed by atoms with Crippen LogP contribution in [0.2, 0.25) is 0 Å². The van der Waals surface area contributed by atoms with Gasteiger partial charge in [-0.2, -0.15) is 34.8 Å². The van der Waals surface area contributed by atoms with Crippen molar-refractivity contribution < 1.29 is 62.3 Å². The molecule has 160 valence electrons. The van der Waals surface area contributed by atoms with Crippen LogP contribution < -0.4 is 4.18 Å². The average Bonchev–Trinajstić information content (AvgIpc) is 2.59. The minimum Gasteiger partial charge on any atom is -0.460 e. The molecule has 0 aliphatic carbocycles. The zero-order chi connectivity index (χ0) is 22.0. The number of rotatable bonds is 9. The zero-order valence-electron chi connectivity index (χ0n) is 13.2. The first kappa shape index (κ1) is 24.1. The van der Waals surface area contributed by atoms with Crippen LogP contribution in [0.5, 0.6) is 5.75 Å². The van der Waals surface area contributed by atoms with E-state index >= 15 is 0 Å². The van der Waals surface area contributed by atoms with E-state index < -0.39 is 62.6 Å². The molecule has 0 saturated heterocycles. The van der Waals surface area contributed by atoms with E-state index in [1.54, 1.807) is 0 Å². The highest BCUT2D eigenvalue weighted by Crippen LogP contribution is 2.50. The standard InChI is InChI=1S/C12H10F6O8S2/c13-10(14,11(15,16)27(21)22)12(17,18)28(23,24)26-8-3-1-7(2-4-8)9(20)25-6-5-19/h1-4,19H,5-6H2,(H,21,22). The number of alkyl halides is 6. The molecule has 0 bridgehead atoms. The number of carbonyl (C=O) groups is 1. The lowest BCUT2D eigenvalue weighted by Crippen LogP contribution is -2.60. The van der Waals surface area contributed by atoms with E-state index in [1.165, 1.54) is 0 Å². The smallest absolute Gasteiger partial charge is 0.450 e. The van der Waals surface area contributed by atoms with Crippen LogP contribution in [0.1, 0.15) is 10.4 Å². The van der Waals surface area contributed by atoms with Gasteiger partial charge in [-0.25, -0.2) is 9.00 Å².